The molecule has 3 aromatic rings. The molecule has 0 radical (unpaired) electrons. The monoisotopic (exact) mass is 351 g/mol. The van der Waals surface area contributed by atoms with Gasteiger partial charge in [0.1, 0.15) is 0 Å². The van der Waals surface area contributed by atoms with E-state index in [9.17, 15) is 4.79 Å². The van der Waals surface area contributed by atoms with Crippen LogP contribution in [-0.2, 0) is 11.3 Å². The number of hydrogen-bond acceptors (Lipinski definition) is 3. The molecule has 4 heteroatoms. The molecule has 3 nitrogen and oxygen atoms in total. The Kier molecular flexibility index (Phi) is 4.81. The van der Waals surface area contributed by atoms with Crippen LogP contribution in [0.1, 0.15) is 28.1 Å². The quantitative estimate of drug-likeness (QED) is 0.680. The van der Waals surface area contributed by atoms with E-state index in [2.05, 4.69) is 28.5 Å². The van der Waals surface area contributed by atoms with Crippen molar-refractivity contribution in [1.29, 1.82) is 0 Å². The molecule has 1 amide bonds. The van der Waals surface area contributed by atoms with Crippen molar-refractivity contribution in [3.05, 3.63) is 70.4 Å². The van der Waals surface area contributed by atoms with E-state index in [1.807, 2.05) is 36.4 Å². The number of rotatable bonds is 4. The van der Waals surface area contributed by atoms with Crippen LogP contribution in [0.3, 0.4) is 0 Å². The van der Waals surface area contributed by atoms with Gasteiger partial charge in [-0.05, 0) is 41.1 Å². The summed E-state index contributed by atoms with van der Waals surface area (Å²) in [5.41, 5.74) is 0.793. The number of thiophene rings is 1. The molecule has 0 atom stereocenters. The Balaban J connectivity index is 1.70. The second-order valence-corrected chi connectivity index (χ2v) is 7.41. The lowest BCUT2D eigenvalue weighted by atomic mass is 10.0. The zero-order valence-electron chi connectivity index (χ0n) is 14.1. The highest BCUT2D eigenvalue weighted by molar-refractivity contribution is 7.09. The Morgan fingerprint density at radius 1 is 1.04 bits per heavy atom. The van der Waals surface area contributed by atoms with Crippen molar-refractivity contribution in [2.45, 2.75) is 25.4 Å². The topological polar surface area (TPSA) is 29.5 Å². The van der Waals surface area contributed by atoms with E-state index in [0.717, 1.165) is 42.4 Å². The summed E-state index contributed by atoms with van der Waals surface area (Å²) in [6.07, 6.45) is 1.81. The number of fused-ring (bicyclic) bond motifs is 1. The molecule has 1 fully saturated rings. The number of amides is 1. The average molecular weight is 351 g/mol. The van der Waals surface area contributed by atoms with Gasteiger partial charge >= 0.3 is 0 Å². The van der Waals surface area contributed by atoms with E-state index < -0.39 is 0 Å². The van der Waals surface area contributed by atoms with Gasteiger partial charge in [-0.3, -0.25) is 4.79 Å². The zero-order chi connectivity index (χ0) is 17.1. The molecular weight excluding hydrogens is 330 g/mol. The second kappa shape index (κ2) is 7.38. The van der Waals surface area contributed by atoms with Gasteiger partial charge in [-0.1, -0.05) is 42.5 Å². The third-order valence-electron chi connectivity index (χ3n) is 4.82. The van der Waals surface area contributed by atoms with Gasteiger partial charge in [0.2, 0.25) is 0 Å². The lowest BCUT2D eigenvalue weighted by molar-refractivity contribution is 0.0271. The number of ether oxygens (including phenoxy) is 1. The third-order valence-corrected chi connectivity index (χ3v) is 5.68. The first-order chi connectivity index (χ1) is 12.3. The van der Waals surface area contributed by atoms with Crippen LogP contribution in [0.2, 0.25) is 0 Å². The van der Waals surface area contributed by atoms with Crippen molar-refractivity contribution < 1.29 is 9.53 Å². The Morgan fingerprint density at radius 2 is 1.84 bits per heavy atom. The van der Waals surface area contributed by atoms with Crippen molar-refractivity contribution in [3.8, 4) is 0 Å². The number of carbonyl (C=O) groups is 1. The van der Waals surface area contributed by atoms with Crippen LogP contribution in [0, 0.1) is 0 Å². The minimum Gasteiger partial charge on any atom is -0.381 e. The number of benzene rings is 2. The fourth-order valence-electron chi connectivity index (χ4n) is 3.50. The molecule has 2 heterocycles. The molecular formula is C21H21NO2S. The molecule has 1 saturated heterocycles. The molecule has 128 valence electrons. The van der Waals surface area contributed by atoms with Crippen molar-refractivity contribution in [3.63, 3.8) is 0 Å². The molecule has 0 bridgehead atoms. The molecule has 0 unspecified atom stereocenters. The summed E-state index contributed by atoms with van der Waals surface area (Å²) in [4.78, 5) is 16.7. The normalized spacial score (nSPS) is 15.4. The minimum atomic E-state index is 0.122. The number of carbonyl (C=O) groups excluding carboxylic acids is 1. The lowest BCUT2D eigenvalue weighted by Crippen LogP contribution is -2.42. The molecule has 0 saturated carbocycles. The van der Waals surface area contributed by atoms with Gasteiger partial charge in [-0.15, -0.1) is 11.3 Å². The first-order valence-corrected chi connectivity index (χ1v) is 9.60. The Bertz CT molecular complexity index is 848. The maximum Gasteiger partial charge on any atom is 0.255 e. The maximum atomic E-state index is 13.5. The molecule has 1 aliphatic rings. The van der Waals surface area contributed by atoms with Gasteiger partial charge < -0.3 is 9.64 Å². The molecule has 0 spiro atoms. The second-order valence-electron chi connectivity index (χ2n) is 6.38. The summed E-state index contributed by atoms with van der Waals surface area (Å²) in [5.74, 6) is 0.122. The first-order valence-electron chi connectivity index (χ1n) is 8.72. The van der Waals surface area contributed by atoms with E-state index in [1.165, 1.54) is 4.88 Å². The van der Waals surface area contributed by atoms with Crippen LogP contribution >= 0.6 is 11.3 Å². The van der Waals surface area contributed by atoms with E-state index in [0.29, 0.717) is 6.54 Å². The Hall–Kier alpha value is -2.17. The summed E-state index contributed by atoms with van der Waals surface area (Å²) >= 11 is 1.71. The summed E-state index contributed by atoms with van der Waals surface area (Å²) < 4.78 is 5.51. The van der Waals surface area contributed by atoms with Crippen LogP contribution in [0.5, 0.6) is 0 Å². The molecule has 0 aliphatic carbocycles. The van der Waals surface area contributed by atoms with Gasteiger partial charge in [0.15, 0.2) is 0 Å². The van der Waals surface area contributed by atoms with Crippen molar-refractivity contribution in [2.75, 3.05) is 13.2 Å². The van der Waals surface area contributed by atoms with Crippen LogP contribution in [-0.4, -0.2) is 30.1 Å². The van der Waals surface area contributed by atoms with E-state index in [-0.39, 0.29) is 11.9 Å². The average Bonchev–Trinajstić information content (AvgIpc) is 3.19. The Morgan fingerprint density at radius 3 is 2.64 bits per heavy atom. The molecule has 0 N–H and O–H groups in total. The SMILES string of the molecule is O=C(c1cccc2ccccc12)N(Cc1cccs1)C1CCOCC1. The lowest BCUT2D eigenvalue weighted by Gasteiger charge is -2.34. The van der Waals surface area contributed by atoms with Crippen LogP contribution in [0.4, 0.5) is 0 Å². The molecule has 1 aromatic heterocycles. The highest BCUT2D eigenvalue weighted by Gasteiger charge is 2.27. The fourth-order valence-corrected chi connectivity index (χ4v) is 4.20. The van der Waals surface area contributed by atoms with Gasteiger partial charge in [0.25, 0.3) is 5.91 Å². The van der Waals surface area contributed by atoms with Crippen molar-refractivity contribution in [1.82, 2.24) is 4.90 Å². The predicted molar refractivity (Wildman–Crippen MR) is 102 cm³/mol. The van der Waals surface area contributed by atoms with Gasteiger partial charge in [0.05, 0.1) is 6.54 Å². The molecule has 2 aromatic carbocycles. The summed E-state index contributed by atoms with van der Waals surface area (Å²) in [6.45, 7) is 2.13. The van der Waals surface area contributed by atoms with Crippen molar-refractivity contribution in [2.24, 2.45) is 0 Å². The van der Waals surface area contributed by atoms with E-state index in [1.54, 1.807) is 11.3 Å². The third kappa shape index (κ3) is 3.46. The van der Waals surface area contributed by atoms with Crippen LogP contribution in [0.15, 0.2) is 60.0 Å². The highest BCUT2D eigenvalue weighted by atomic mass is 32.1. The number of hydrogen-bond donors (Lipinski definition) is 0. The first kappa shape index (κ1) is 16.3. The molecule has 25 heavy (non-hydrogen) atoms. The van der Waals surface area contributed by atoms with E-state index in [4.69, 9.17) is 4.74 Å². The minimum absolute atomic E-state index is 0.122. The fraction of sp³-hybridized carbons (Fsp3) is 0.286. The zero-order valence-corrected chi connectivity index (χ0v) is 14.9. The molecule has 4 rings (SSSR count). The largest absolute Gasteiger partial charge is 0.381 e. The van der Waals surface area contributed by atoms with E-state index >= 15 is 0 Å². The standard InChI is InChI=1S/C21H21NO2S/c23-21(20-9-3-6-16-5-1-2-8-19(16)20)22(15-18-7-4-14-25-18)17-10-12-24-13-11-17/h1-9,14,17H,10-13,15H2. The summed E-state index contributed by atoms with van der Waals surface area (Å²) in [6, 6.07) is 18.5. The highest BCUT2D eigenvalue weighted by Crippen LogP contribution is 2.25. The Labute approximate surface area is 151 Å². The van der Waals surface area contributed by atoms with Crippen LogP contribution in [0.25, 0.3) is 10.8 Å². The summed E-state index contributed by atoms with van der Waals surface area (Å²) in [7, 11) is 0. The van der Waals surface area contributed by atoms with Gasteiger partial charge in [-0.25, -0.2) is 0 Å². The van der Waals surface area contributed by atoms with Crippen molar-refractivity contribution >= 4 is 28.0 Å². The van der Waals surface area contributed by atoms with Gasteiger partial charge in [-0.2, -0.15) is 0 Å². The predicted octanol–water partition coefficient (Wildman–Crippen LogP) is 4.72. The van der Waals surface area contributed by atoms with Crippen LogP contribution < -0.4 is 0 Å². The smallest absolute Gasteiger partial charge is 0.255 e. The number of nitrogens with zero attached hydrogens (tertiary/aromatic N) is 1. The maximum absolute atomic E-state index is 13.5. The summed E-state index contributed by atoms with van der Waals surface area (Å²) in [5, 5.41) is 4.20. The molecule has 1 aliphatic heterocycles. The van der Waals surface area contributed by atoms with Gasteiger partial charge in [0, 0.05) is 29.7 Å².